The number of hydrogen-bond acceptors (Lipinski definition) is 4. The number of nitrogens with zero attached hydrogens (tertiary/aromatic N) is 3. The molecule has 1 N–H and O–H groups in total. The molecule has 0 bridgehead atoms. The SMILES string of the molecule is CC(C)NCc1cn(CC2CCCN(S(C)(=O)=O)C2)cn1. The van der Waals surface area contributed by atoms with Crippen molar-refractivity contribution in [2.45, 2.75) is 45.8 Å². The first-order valence-electron chi connectivity index (χ1n) is 7.53. The van der Waals surface area contributed by atoms with Gasteiger partial charge in [0.15, 0.2) is 0 Å². The maximum absolute atomic E-state index is 11.6. The predicted octanol–water partition coefficient (Wildman–Crippen LogP) is 1.05. The summed E-state index contributed by atoms with van der Waals surface area (Å²) >= 11 is 0. The third-order valence-electron chi connectivity index (χ3n) is 3.80. The van der Waals surface area contributed by atoms with Crippen molar-refractivity contribution in [1.82, 2.24) is 19.2 Å². The van der Waals surface area contributed by atoms with Crippen molar-refractivity contribution in [3.63, 3.8) is 0 Å². The van der Waals surface area contributed by atoms with E-state index < -0.39 is 10.0 Å². The lowest BCUT2D eigenvalue weighted by atomic mass is 10.00. The molecule has 1 aliphatic heterocycles. The highest BCUT2D eigenvalue weighted by atomic mass is 32.2. The average Bonchev–Trinajstić information content (AvgIpc) is 2.83. The van der Waals surface area contributed by atoms with Crippen LogP contribution < -0.4 is 5.32 Å². The van der Waals surface area contributed by atoms with E-state index in [2.05, 4.69) is 34.9 Å². The number of nitrogens with one attached hydrogen (secondary N) is 1. The zero-order valence-electron chi connectivity index (χ0n) is 13.1. The fourth-order valence-corrected chi connectivity index (χ4v) is 3.62. The molecule has 0 radical (unpaired) electrons. The lowest BCUT2D eigenvalue weighted by Gasteiger charge is -2.31. The van der Waals surface area contributed by atoms with Gasteiger partial charge in [0.2, 0.25) is 10.0 Å². The lowest BCUT2D eigenvalue weighted by Crippen LogP contribution is -2.40. The molecule has 1 aromatic rings. The van der Waals surface area contributed by atoms with E-state index in [-0.39, 0.29) is 0 Å². The molecule has 0 spiro atoms. The van der Waals surface area contributed by atoms with E-state index in [1.807, 2.05) is 6.33 Å². The number of aromatic nitrogens is 2. The Morgan fingerprint density at radius 2 is 2.24 bits per heavy atom. The Kier molecular flexibility index (Phi) is 5.40. The van der Waals surface area contributed by atoms with Crippen LogP contribution in [0.2, 0.25) is 0 Å². The highest BCUT2D eigenvalue weighted by Gasteiger charge is 2.25. The Labute approximate surface area is 127 Å². The van der Waals surface area contributed by atoms with Gasteiger partial charge < -0.3 is 9.88 Å². The van der Waals surface area contributed by atoms with E-state index >= 15 is 0 Å². The Balaban J connectivity index is 1.89. The molecule has 0 amide bonds. The summed E-state index contributed by atoms with van der Waals surface area (Å²) in [6, 6.07) is 0.441. The molecule has 6 nitrogen and oxygen atoms in total. The molecular formula is C14H26N4O2S. The maximum Gasteiger partial charge on any atom is 0.211 e. The van der Waals surface area contributed by atoms with Gasteiger partial charge in [-0.15, -0.1) is 0 Å². The van der Waals surface area contributed by atoms with E-state index in [0.717, 1.165) is 31.6 Å². The number of imidazole rings is 1. The first-order chi connectivity index (χ1) is 9.84. The Morgan fingerprint density at radius 3 is 2.90 bits per heavy atom. The van der Waals surface area contributed by atoms with Crippen LogP contribution in [0.4, 0.5) is 0 Å². The van der Waals surface area contributed by atoms with Gasteiger partial charge in [-0.05, 0) is 18.8 Å². The molecule has 0 saturated carbocycles. The van der Waals surface area contributed by atoms with E-state index in [9.17, 15) is 8.42 Å². The molecule has 1 saturated heterocycles. The fourth-order valence-electron chi connectivity index (χ4n) is 2.68. The van der Waals surface area contributed by atoms with Crippen LogP contribution in [0.25, 0.3) is 0 Å². The Bertz CT molecular complexity index is 553. The largest absolute Gasteiger partial charge is 0.337 e. The Morgan fingerprint density at radius 1 is 1.48 bits per heavy atom. The maximum atomic E-state index is 11.6. The van der Waals surface area contributed by atoms with Crippen LogP contribution in [0.3, 0.4) is 0 Å². The van der Waals surface area contributed by atoms with E-state index in [0.29, 0.717) is 25.0 Å². The fraction of sp³-hybridized carbons (Fsp3) is 0.786. The highest BCUT2D eigenvalue weighted by molar-refractivity contribution is 7.88. The zero-order valence-corrected chi connectivity index (χ0v) is 13.9. The van der Waals surface area contributed by atoms with Crippen LogP contribution in [0.5, 0.6) is 0 Å². The van der Waals surface area contributed by atoms with Crippen molar-refractivity contribution in [2.24, 2.45) is 5.92 Å². The second-order valence-corrected chi connectivity index (χ2v) is 8.21. The second kappa shape index (κ2) is 6.89. The molecular weight excluding hydrogens is 288 g/mol. The first-order valence-corrected chi connectivity index (χ1v) is 9.38. The average molecular weight is 314 g/mol. The molecule has 1 aromatic heterocycles. The van der Waals surface area contributed by atoms with Crippen molar-refractivity contribution in [3.8, 4) is 0 Å². The van der Waals surface area contributed by atoms with Gasteiger partial charge in [-0.3, -0.25) is 0 Å². The van der Waals surface area contributed by atoms with Gasteiger partial charge in [0, 0.05) is 38.4 Å². The van der Waals surface area contributed by atoms with Crippen LogP contribution >= 0.6 is 0 Å². The quantitative estimate of drug-likeness (QED) is 0.852. The van der Waals surface area contributed by atoms with Crippen LogP contribution in [0.15, 0.2) is 12.5 Å². The van der Waals surface area contributed by atoms with Gasteiger partial charge in [-0.25, -0.2) is 17.7 Å². The molecule has 2 rings (SSSR count). The minimum absolute atomic E-state index is 0.369. The highest BCUT2D eigenvalue weighted by Crippen LogP contribution is 2.20. The topological polar surface area (TPSA) is 67.2 Å². The van der Waals surface area contributed by atoms with Gasteiger partial charge in [0.25, 0.3) is 0 Å². The van der Waals surface area contributed by atoms with Gasteiger partial charge in [-0.1, -0.05) is 13.8 Å². The van der Waals surface area contributed by atoms with E-state index in [1.54, 1.807) is 4.31 Å². The molecule has 7 heteroatoms. The minimum Gasteiger partial charge on any atom is -0.337 e. The van der Waals surface area contributed by atoms with Crippen molar-refractivity contribution in [3.05, 3.63) is 18.2 Å². The third-order valence-corrected chi connectivity index (χ3v) is 5.07. The molecule has 1 fully saturated rings. The van der Waals surface area contributed by atoms with Crippen molar-refractivity contribution < 1.29 is 8.42 Å². The lowest BCUT2D eigenvalue weighted by molar-refractivity contribution is 0.246. The van der Waals surface area contributed by atoms with Crippen LogP contribution in [-0.2, 0) is 23.1 Å². The second-order valence-electron chi connectivity index (χ2n) is 6.23. The minimum atomic E-state index is -3.07. The third kappa shape index (κ3) is 5.09. The molecule has 1 aliphatic rings. The number of piperidine rings is 1. The summed E-state index contributed by atoms with van der Waals surface area (Å²) in [5.41, 5.74) is 1.03. The number of sulfonamides is 1. The Hall–Kier alpha value is -0.920. The van der Waals surface area contributed by atoms with Crippen molar-refractivity contribution in [2.75, 3.05) is 19.3 Å². The summed E-state index contributed by atoms with van der Waals surface area (Å²) in [5, 5.41) is 3.34. The molecule has 2 heterocycles. The van der Waals surface area contributed by atoms with Gasteiger partial charge in [0.05, 0.1) is 18.3 Å². The summed E-state index contributed by atoms with van der Waals surface area (Å²) in [7, 11) is -3.07. The van der Waals surface area contributed by atoms with Crippen molar-refractivity contribution in [1.29, 1.82) is 0 Å². The summed E-state index contributed by atoms with van der Waals surface area (Å²) in [5.74, 6) is 0.369. The molecule has 0 aliphatic carbocycles. The number of hydrogen-bond donors (Lipinski definition) is 1. The van der Waals surface area contributed by atoms with Gasteiger partial charge >= 0.3 is 0 Å². The first kappa shape index (κ1) is 16.5. The summed E-state index contributed by atoms with van der Waals surface area (Å²) in [4.78, 5) is 4.39. The standard InChI is InChI=1S/C14H26N4O2S/c1-12(2)15-7-14-10-17(11-16-14)8-13-5-4-6-18(9-13)21(3,19)20/h10-13,15H,4-9H2,1-3H3. The smallest absolute Gasteiger partial charge is 0.211 e. The zero-order chi connectivity index (χ0) is 15.5. The summed E-state index contributed by atoms with van der Waals surface area (Å²) in [6.07, 6.45) is 7.20. The van der Waals surface area contributed by atoms with Gasteiger partial charge in [0.1, 0.15) is 0 Å². The normalized spacial score (nSPS) is 21.0. The molecule has 1 atom stereocenters. The molecule has 1 unspecified atom stereocenters. The monoisotopic (exact) mass is 314 g/mol. The van der Waals surface area contributed by atoms with Gasteiger partial charge in [-0.2, -0.15) is 0 Å². The molecule has 0 aromatic carbocycles. The summed E-state index contributed by atoms with van der Waals surface area (Å²) in [6.45, 7) is 7.10. The van der Waals surface area contributed by atoms with E-state index in [4.69, 9.17) is 0 Å². The van der Waals surface area contributed by atoms with Crippen LogP contribution in [-0.4, -0.2) is 47.7 Å². The van der Waals surface area contributed by atoms with Crippen molar-refractivity contribution >= 4 is 10.0 Å². The molecule has 21 heavy (non-hydrogen) atoms. The van der Waals surface area contributed by atoms with Crippen LogP contribution in [0.1, 0.15) is 32.4 Å². The van der Waals surface area contributed by atoms with Crippen LogP contribution in [0, 0.1) is 5.92 Å². The predicted molar refractivity (Wildman–Crippen MR) is 83.3 cm³/mol. The summed E-state index contributed by atoms with van der Waals surface area (Å²) < 4.78 is 26.9. The molecule has 120 valence electrons. The van der Waals surface area contributed by atoms with E-state index in [1.165, 1.54) is 6.26 Å². The number of rotatable bonds is 6.